The monoisotopic (exact) mass is 724 g/mol. The number of aliphatic carboxylic acids is 6. The molecule has 0 aliphatic heterocycles. The largest absolute Gasteiger partial charge is 0.481 e. The van der Waals surface area contributed by atoms with E-state index in [1.807, 2.05) is 76.2 Å². The summed E-state index contributed by atoms with van der Waals surface area (Å²) in [4.78, 5) is 62.5. The van der Waals surface area contributed by atoms with Gasteiger partial charge in [-0.1, -0.05) is 125 Å². The third-order valence-electron chi connectivity index (χ3n) is 7.47. The summed E-state index contributed by atoms with van der Waals surface area (Å²) < 4.78 is 0. The zero-order valence-electron chi connectivity index (χ0n) is 34.1. The van der Waals surface area contributed by atoms with Gasteiger partial charge in [-0.2, -0.15) is 0 Å². The van der Waals surface area contributed by atoms with E-state index < -0.39 is 53.1 Å². The molecule has 13 nitrogen and oxygen atoms in total. The molecule has 0 amide bonds. The molecular formula is C37H72O13. The van der Waals surface area contributed by atoms with Crippen molar-refractivity contribution in [1.82, 2.24) is 0 Å². The van der Waals surface area contributed by atoms with Crippen LogP contribution in [-0.4, -0.2) is 78.2 Å². The lowest BCUT2D eigenvalue weighted by atomic mass is 9.74. The number of aliphatic hydroxyl groups excluding tert-OH is 1. The summed E-state index contributed by atoms with van der Waals surface area (Å²) in [5.74, 6) is -6.99. The van der Waals surface area contributed by atoms with Crippen LogP contribution in [0, 0.1) is 56.7 Å². The Hall–Kier alpha value is -3.22. The molecule has 0 aromatic heterocycles. The van der Waals surface area contributed by atoms with Crippen molar-refractivity contribution in [2.24, 2.45) is 56.7 Å². The van der Waals surface area contributed by atoms with Crippen molar-refractivity contribution < 1.29 is 64.5 Å². The van der Waals surface area contributed by atoms with E-state index in [0.717, 1.165) is 0 Å². The molecule has 0 unspecified atom stereocenters. The van der Waals surface area contributed by atoms with E-state index in [1.165, 1.54) is 0 Å². The Morgan fingerprint density at radius 1 is 0.460 bits per heavy atom. The highest BCUT2D eigenvalue weighted by atomic mass is 16.4. The predicted octanol–water partition coefficient (Wildman–Crippen LogP) is 7.58. The first-order chi connectivity index (χ1) is 21.7. The fraction of sp³-hybridized carbons (Fsp3) is 0.838. The first-order valence-corrected chi connectivity index (χ1v) is 16.6. The van der Waals surface area contributed by atoms with Crippen LogP contribution in [-0.2, 0) is 28.8 Å². The van der Waals surface area contributed by atoms with Crippen LogP contribution in [0.2, 0.25) is 0 Å². The van der Waals surface area contributed by atoms with Gasteiger partial charge in [-0.25, -0.2) is 0 Å². The van der Waals surface area contributed by atoms with Gasteiger partial charge in [-0.3, -0.25) is 28.8 Å². The quantitative estimate of drug-likeness (QED) is 0.121. The topological polar surface area (TPSA) is 244 Å². The van der Waals surface area contributed by atoms with Gasteiger partial charge >= 0.3 is 35.8 Å². The SMILES string of the molecule is CC(C)(C)CC(=O)O.CC(C)(C)[C@@H](CC(=O)O)C(=O)O.CC(C)(C)[C@@H](CO)C(=O)O.CC(C)[C@@H](C(=O)O)C(C)(C)C.C[C@@H](C(=O)O)C(C)(C)C. The van der Waals surface area contributed by atoms with Crippen LogP contribution in [0.4, 0.5) is 0 Å². The first kappa shape index (κ1) is 56.2. The average molecular weight is 725 g/mol. The molecule has 0 fully saturated rings. The van der Waals surface area contributed by atoms with Crippen LogP contribution in [0.25, 0.3) is 0 Å². The fourth-order valence-corrected chi connectivity index (χ4v) is 4.14. The van der Waals surface area contributed by atoms with E-state index in [0.29, 0.717) is 0 Å². The fourth-order valence-electron chi connectivity index (χ4n) is 4.14. The zero-order chi connectivity index (χ0) is 42.0. The number of hydrogen-bond donors (Lipinski definition) is 7. The summed E-state index contributed by atoms with van der Waals surface area (Å²) in [6.45, 7) is 33.2. The van der Waals surface area contributed by atoms with Crippen molar-refractivity contribution in [2.45, 2.75) is 137 Å². The third kappa shape index (κ3) is 32.0. The first-order valence-electron chi connectivity index (χ1n) is 16.6. The van der Waals surface area contributed by atoms with E-state index in [4.69, 9.17) is 35.7 Å². The van der Waals surface area contributed by atoms with E-state index in [-0.39, 0.29) is 58.9 Å². The maximum atomic E-state index is 10.8. The van der Waals surface area contributed by atoms with Gasteiger partial charge in [0.05, 0.1) is 43.1 Å². The molecule has 0 bridgehead atoms. The molecule has 0 saturated heterocycles. The second-order valence-corrected chi connectivity index (χ2v) is 18.3. The minimum Gasteiger partial charge on any atom is -0.481 e. The van der Waals surface area contributed by atoms with Gasteiger partial charge in [0.2, 0.25) is 0 Å². The molecule has 0 aliphatic rings. The molecule has 7 N–H and O–H groups in total. The van der Waals surface area contributed by atoms with Gasteiger partial charge in [-0.05, 0) is 33.0 Å². The minimum atomic E-state index is -1.07. The molecular weight excluding hydrogens is 652 g/mol. The Morgan fingerprint density at radius 2 is 0.800 bits per heavy atom. The van der Waals surface area contributed by atoms with Crippen LogP contribution >= 0.6 is 0 Å². The maximum Gasteiger partial charge on any atom is 0.309 e. The molecule has 0 saturated carbocycles. The highest BCUT2D eigenvalue weighted by molar-refractivity contribution is 5.78. The van der Waals surface area contributed by atoms with E-state index >= 15 is 0 Å². The van der Waals surface area contributed by atoms with Gasteiger partial charge in [0.25, 0.3) is 0 Å². The number of carboxylic acids is 6. The van der Waals surface area contributed by atoms with Crippen molar-refractivity contribution in [3.63, 3.8) is 0 Å². The van der Waals surface area contributed by atoms with Gasteiger partial charge in [0.1, 0.15) is 0 Å². The van der Waals surface area contributed by atoms with Crippen molar-refractivity contribution in [2.75, 3.05) is 6.61 Å². The maximum absolute atomic E-state index is 10.8. The molecule has 298 valence electrons. The lowest BCUT2D eigenvalue weighted by Crippen LogP contribution is -2.32. The number of hydrogen-bond acceptors (Lipinski definition) is 7. The zero-order valence-corrected chi connectivity index (χ0v) is 34.1. The van der Waals surface area contributed by atoms with Crippen LogP contribution in [0.5, 0.6) is 0 Å². The molecule has 0 radical (unpaired) electrons. The van der Waals surface area contributed by atoms with Crippen molar-refractivity contribution in [1.29, 1.82) is 0 Å². The molecule has 13 heteroatoms. The minimum absolute atomic E-state index is 0.0775. The summed E-state index contributed by atoms with van der Waals surface area (Å²) in [6, 6.07) is 0. The summed E-state index contributed by atoms with van der Waals surface area (Å²) in [5, 5.41) is 60.0. The summed E-state index contributed by atoms with van der Waals surface area (Å²) in [5.41, 5.74) is -1.21. The van der Waals surface area contributed by atoms with Gasteiger partial charge in [0.15, 0.2) is 0 Å². The van der Waals surface area contributed by atoms with Crippen LogP contribution in [0.1, 0.15) is 137 Å². The number of carboxylic acid groups (broad SMARTS) is 6. The third-order valence-corrected chi connectivity index (χ3v) is 7.47. The highest BCUT2D eigenvalue weighted by Crippen LogP contribution is 2.32. The Kier molecular flexibility index (Phi) is 26.2. The van der Waals surface area contributed by atoms with Gasteiger partial charge in [0, 0.05) is 0 Å². The van der Waals surface area contributed by atoms with Crippen molar-refractivity contribution in [3.8, 4) is 0 Å². The molecule has 0 aromatic rings. The van der Waals surface area contributed by atoms with Crippen molar-refractivity contribution >= 4 is 35.8 Å². The lowest BCUT2D eigenvalue weighted by molar-refractivity contribution is -0.152. The molecule has 0 heterocycles. The Balaban J connectivity index is -0.000000170. The van der Waals surface area contributed by atoms with Gasteiger partial charge in [-0.15, -0.1) is 0 Å². The Morgan fingerprint density at radius 3 is 0.820 bits per heavy atom. The second-order valence-electron chi connectivity index (χ2n) is 18.3. The molecule has 4 atom stereocenters. The van der Waals surface area contributed by atoms with Crippen LogP contribution in [0.3, 0.4) is 0 Å². The van der Waals surface area contributed by atoms with Gasteiger partial charge < -0.3 is 35.7 Å². The number of carbonyl (C=O) groups is 6. The van der Waals surface area contributed by atoms with Crippen LogP contribution < -0.4 is 0 Å². The van der Waals surface area contributed by atoms with E-state index in [9.17, 15) is 28.8 Å². The molecule has 0 spiro atoms. The van der Waals surface area contributed by atoms with E-state index in [1.54, 1.807) is 48.5 Å². The molecule has 0 aromatic carbocycles. The molecule has 50 heavy (non-hydrogen) atoms. The standard InChI is InChI=1S/C9H18O2.C8H14O4.C7H14O3.C7H14O2.C6H12O2/c1-6(2)7(8(10)11)9(3,4)5;1-8(2,3)5(7(11)12)4-6(9)10;1-7(2,3)5(4-8)6(9)10;1-5(6(8)9)7(2,3)4;1-6(2,3)4-5(7)8/h6-7H,1-5H3,(H,10,11);5H,4H2,1-3H3,(H,9,10)(H,11,12);5,8H,4H2,1-3H3,(H,9,10);5H,1-4H3,(H,8,9);4H2,1-3H3,(H,7,8)/t7-;3*5-;/m0000./s1. The number of aliphatic hydroxyl groups is 1. The second kappa shape index (κ2) is 23.3. The summed E-state index contributed by atoms with van der Waals surface area (Å²) >= 11 is 0. The number of rotatable bonds is 9. The Labute approximate surface area is 300 Å². The van der Waals surface area contributed by atoms with Crippen molar-refractivity contribution in [3.05, 3.63) is 0 Å². The molecule has 0 rings (SSSR count). The predicted molar refractivity (Wildman–Crippen MR) is 194 cm³/mol. The molecule has 0 aliphatic carbocycles. The normalized spacial score (nSPS) is 14.2. The average Bonchev–Trinajstić information content (AvgIpc) is 2.78. The smallest absolute Gasteiger partial charge is 0.309 e. The Bertz CT molecular complexity index is 1040. The van der Waals surface area contributed by atoms with Crippen LogP contribution in [0.15, 0.2) is 0 Å². The van der Waals surface area contributed by atoms with E-state index in [2.05, 4.69) is 0 Å². The lowest BCUT2D eigenvalue weighted by Gasteiger charge is -2.29. The highest BCUT2D eigenvalue weighted by Gasteiger charge is 2.34. The summed E-state index contributed by atoms with van der Waals surface area (Å²) in [6.07, 6.45) is -0.0775. The summed E-state index contributed by atoms with van der Waals surface area (Å²) in [7, 11) is 0.